The van der Waals surface area contributed by atoms with E-state index < -0.39 is 0 Å². The number of fused-ring (bicyclic) bond motifs is 8. The highest BCUT2D eigenvalue weighted by Crippen LogP contribution is 2.40. The fraction of sp³-hybridized carbons (Fsp3) is 0. The number of anilines is 3. The van der Waals surface area contributed by atoms with E-state index in [9.17, 15) is 0 Å². The molecule has 0 amide bonds. The van der Waals surface area contributed by atoms with E-state index in [0.717, 1.165) is 21.9 Å². The normalized spacial score (nSPS) is 11.6. The first-order valence-corrected chi connectivity index (χ1v) is 15.7. The molecule has 0 radical (unpaired) electrons. The number of hydrogen-bond donors (Lipinski definition) is 0. The Morgan fingerprint density at radius 2 is 1.09 bits per heavy atom. The van der Waals surface area contributed by atoms with Crippen molar-refractivity contribution in [2.24, 2.45) is 0 Å². The second-order valence-electron chi connectivity index (χ2n) is 11.2. The summed E-state index contributed by atoms with van der Waals surface area (Å²) in [7, 11) is 0. The first-order valence-electron chi connectivity index (χ1n) is 14.9. The van der Waals surface area contributed by atoms with Gasteiger partial charge < -0.3 is 4.90 Å². The molecule has 0 fully saturated rings. The summed E-state index contributed by atoms with van der Waals surface area (Å²) < 4.78 is 1.26. The molecule has 2 nitrogen and oxygen atoms in total. The second kappa shape index (κ2) is 10.0. The van der Waals surface area contributed by atoms with Gasteiger partial charge in [-0.05, 0) is 85.9 Å². The number of pyridine rings is 1. The summed E-state index contributed by atoms with van der Waals surface area (Å²) in [6.45, 7) is 0. The fourth-order valence-electron chi connectivity index (χ4n) is 6.56. The van der Waals surface area contributed by atoms with Gasteiger partial charge in [0.25, 0.3) is 0 Å². The van der Waals surface area contributed by atoms with Crippen LogP contribution in [0.15, 0.2) is 158 Å². The van der Waals surface area contributed by atoms with Crippen LogP contribution in [-0.4, -0.2) is 4.98 Å². The molecule has 0 N–H and O–H groups in total. The predicted octanol–water partition coefficient (Wildman–Crippen LogP) is 12.0. The fourth-order valence-corrected chi connectivity index (χ4v) is 7.59. The number of aromatic nitrogens is 1. The molecule has 0 bridgehead atoms. The lowest BCUT2D eigenvalue weighted by Crippen LogP contribution is -2.10. The number of hydrogen-bond acceptors (Lipinski definition) is 3. The smallest absolute Gasteiger partial charge is 0.124 e. The Morgan fingerprint density at radius 3 is 1.95 bits per heavy atom. The third-order valence-corrected chi connectivity index (χ3v) is 9.77. The maximum atomic E-state index is 4.90. The summed E-state index contributed by atoms with van der Waals surface area (Å²) in [6.07, 6.45) is 2.00. The van der Waals surface area contributed by atoms with E-state index in [1.54, 1.807) is 11.3 Å². The highest BCUT2D eigenvalue weighted by atomic mass is 32.1. The minimum atomic E-state index is 1.05. The van der Waals surface area contributed by atoms with Gasteiger partial charge in [0.15, 0.2) is 0 Å². The maximum Gasteiger partial charge on any atom is 0.124 e. The molecule has 9 rings (SSSR count). The molecule has 7 aromatic carbocycles. The van der Waals surface area contributed by atoms with Crippen molar-refractivity contribution in [3.8, 4) is 11.1 Å². The van der Waals surface area contributed by atoms with Crippen LogP contribution in [0.4, 0.5) is 17.1 Å². The molecule has 0 spiro atoms. The van der Waals surface area contributed by atoms with Crippen LogP contribution in [-0.2, 0) is 0 Å². The van der Waals surface area contributed by atoms with Crippen LogP contribution in [0.25, 0.3) is 63.7 Å². The number of para-hydroxylation sites is 1. The molecular formula is C41H26N2S. The van der Waals surface area contributed by atoms with Crippen molar-refractivity contribution < 1.29 is 0 Å². The molecule has 3 heteroatoms. The van der Waals surface area contributed by atoms with Crippen molar-refractivity contribution in [2.45, 2.75) is 0 Å². The van der Waals surface area contributed by atoms with E-state index in [0.29, 0.717) is 0 Å². The molecule has 9 aromatic rings. The number of rotatable bonds is 4. The first-order chi connectivity index (χ1) is 21.8. The van der Waals surface area contributed by atoms with Gasteiger partial charge in [0.05, 0.1) is 11.9 Å². The van der Waals surface area contributed by atoms with Crippen LogP contribution in [0.2, 0.25) is 0 Å². The van der Waals surface area contributed by atoms with Crippen LogP contribution in [0.3, 0.4) is 0 Å². The van der Waals surface area contributed by atoms with Crippen LogP contribution in [0.1, 0.15) is 0 Å². The van der Waals surface area contributed by atoms with Gasteiger partial charge in [-0.1, -0.05) is 109 Å². The van der Waals surface area contributed by atoms with Gasteiger partial charge in [0, 0.05) is 26.8 Å². The van der Waals surface area contributed by atoms with Crippen molar-refractivity contribution in [3.63, 3.8) is 0 Å². The Bertz CT molecular complexity index is 2490. The van der Waals surface area contributed by atoms with Gasteiger partial charge >= 0.3 is 0 Å². The zero-order valence-corrected chi connectivity index (χ0v) is 24.6. The number of benzene rings is 7. The molecule has 0 aliphatic rings. The van der Waals surface area contributed by atoms with Gasteiger partial charge in [0.1, 0.15) is 4.83 Å². The largest absolute Gasteiger partial charge is 0.309 e. The van der Waals surface area contributed by atoms with Crippen LogP contribution < -0.4 is 4.90 Å². The first kappa shape index (κ1) is 25.0. The maximum absolute atomic E-state index is 4.90. The minimum absolute atomic E-state index is 1.05. The van der Waals surface area contributed by atoms with E-state index in [-0.39, 0.29) is 0 Å². The Morgan fingerprint density at radius 1 is 0.432 bits per heavy atom. The second-order valence-corrected chi connectivity index (χ2v) is 12.3. The van der Waals surface area contributed by atoms with Crippen LogP contribution in [0, 0.1) is 0 Å². The highest BCUT2D eigenvalue weighted by Gasteiger charge is 2.16. The highest BCUT2D eigenvalue weighted by molar-refractivity contribution is 7.25. The molecule has 0 aliphatic heterocycles. The number of nitrogens with zero attached hydrogens (tertiary/aromatic N) is 2. The summed E-state index contributed by atoms with van der Waals surface area (Å²) in [4.78, 5) is 8.26. The van der Waals surface area contributed by atoms with E-state index in [1.165, 1.54) is 58.9 Å². The van der Waals surface area contributed by atoms with Crippen molar-refractivity contribution in [3.05, 3.63) is 158 Å². The third-order valence-electron chi connectivity index (χ3n) is 8.68. The van der Waals surface area contributed by atoms with Gasteiger partial charge in [-0.3, -0.25) is 0 Å². The SMILES string of the molecule is c1ccc(N(c2ccc(-c3ccc4c(ccc5ccc6ccccc6c54)c3)cc2)c2cnc3sc4ccccc4c3c2)cc1. The van der Waals surface area contributed by atoms with Crippen LogP contribution >= 0.6 is 11.3 Å². The van der Waals surface area contributed by atoms with Gasteiger partial charge in [-0.15, -0.1) is 11.3 Å². The molecule has 206 valence electrons. The lowest BCUT2D eigenvalue weighted by molar-refractivity contribution is 1.26. The average molecular weight is 579 g/mol. The predicted molar refractivity (Wildman–Crippen MR) is 190 cm³/mol. The Balaban J connectivity index is 1.14. The van der Waals surface area contributed by atoms with Crippen molar-refractivity contribution in [2.75, 3.05) is 4.90 Å². The Hall–Kier alpha value is -5.51. The van der Waals surface area contributed by atoms with E-state index >= 15 is 0 Å². The van der Waals surface area contributed by atoms with Gasteiger partial charge in [0.2, 0.25) is 0 Å². The minimum Gasteiger partial charge on any atom is -0.309 e. The molecule has 0 atom stereocenters. The topological polar surface area (TPSA) is 16.1 Å². The van der Waals surface area contributed by atoms with E-state index in [1.807, 2.05) is 6.20 Å². The molecular weight excluding hydrogens is 553 g/mol. The molecule has 2 heterocycles. The van der Waals surface area contributed by atoms with E-state index in [4.69, 9.17) is 4.98 Å². The molecule has 2 aromatic heterocycles. The standard InChI is InChI=1S/C41H26N2S/c1-2-9-32(10-3-1)43(34-25-38-37-12-6-7-13-39(37)44-41(38)42-26-34)33-21-18-27(19-22-33)30-20-23-36-31(24-30)17-16-29-15-14-28-8-4-5-11-35(28)40(29)36/h1-26H. The summed E-state index contributed by atoms with van der Waals surface area (Å²) >= 11 is 1.75. The third kappa shape index (κ3) is 4.05. The summed E-state index contributed by atoms with van der Waals surface area (Å²) in [5.74, 6) is 0. The zero-order chi connectivity index (χ0) is 29.0. The molecule has 0 unspecified atom stereocenters. The molecule has 44 heavy (non-hydrogen) atoms. The zero-order valence-electron chi connectivity index (χ0n) is 23.8. The van der Waals surface area contributed by atoms with Crippen molar-refractivity contribution >= 4 is 81.0 Å². The van der Waals surface area contributed by atoms with E-state index in [2.05, 4.69) is 157 Å². The molecule has 0 aliphatic carbocycles. The molecule has 0 saturated heterocycles. The number of thiophene rings is 1. The lowest BCUT2D eigenvalue weighted by atomic mass is 9.94. The molecule has 0 saturated carbocycles. The van der Waals surface area contributed by atoms with Crippen LogP contribution in [0.5, 0.6) is 0 Å². The monoisotopic (exact) mass is 578 g/mol. The van der Waals surface area contributed by atoms with Gasteiger partial charge in [-0.2, -0.15) is 0 Å². The Kier molecular flexibility index (Phi) is 5.71. The Labute approximate surface area is 259 Å². The quantitative estimate of drug-likeness (QED) is 0.193. The van der Waals surface area contributed by atoms with Gasteiger partial charge in [-0.25, -0.2) is 4.98 Å². The van der Waals surface area contributed by atoms with Crippen molar-refractivity contribution in [1.82, 2.24) is 4.98 Å². The van der Waals surface area contributed by atoms with Crippen molar-refractivity contribution in [1.29, 1.82) is 0 Å². The summed E-state index contributed by atoms with van der Waals surface area (Å²) in [6, 6.07) is 54.8. The summed E-state index contributed by atoms with van der Waals surface area (Å²) in [5.41, 5.74) is 5.65. The lowest BCUT2D eigenvalue weighted by Gasteiger charge is -2.25. The summed E-state index contributed by atoms with van der Waals surface area (Å²) in [5, 5.41) is 10.2. The average Bonchev–Trinajstić information content (AvgIpc) is 3.47.